The normalized spacial score (nSPS) is 14.6. The van der Waals surface area contributed by atoms with Crippen LogP contribution in [0.15, 0.2) is 47.1 Å². The number of rotatable bonds is 5. The van der Waals surface area contributed by atoms with Crippen molar-refractivity contribution in [3.05, 3.63) is 60.4 Å². The Kier molecular flexibility index (Phi) is 6.70. The molecule has 0 saturated carbocycles. The van der Waals surface area contributed by atoms with Crippen LogP contribution in [0.5, 0.6) is 11.5 Å². The quantitative estimate of drug-likeness (QED) is 0.217. The van der Waals surface area contributed by atoms with Gasteiger partial charge in [-0.2, -0.15) is 0 Å². The fraction of sp³-hybridized carbons (Fsp3) is 0.150. The van der Waals surface area contributed by atoms with E-state index in [1.165, 1.54) is 6.92 Å². The third-order valence-electron chi connectivity index (χ3n) is 3.57. The molecule has 2 aromatic carbocycles. The number of esters is 2. The van der Waals surface area contributed by atoms with Crippen molar-refractivity contribution in [2.75, 3.05) is 6.61 Å². The summed E-state index contributed by atoms with van der Waals surface area (Å²) in [6, 6.07) is 11.0. The summed E-state index contributed by atoms with van der Waals surface area (Å²) in [5.74, 6) is 0.0896. The smallest absolute Gasteiger partial charge is 0.363 e. The highest BCUT2D eigenvalue weighted by atomic mass is 127. The van der Waals surface area contributed by atoms with Gasteiger partial charge in [0.05, 0.1) is 10.2 Å². The summed E-state index contributed by atoms with van der Waals surface area (Å²) in [7, 11) is 0. The van der Waals surface area contributed by atoms with Crippen molar-refractivity contribution in [2.24, 2.45) is 4.99 Å². The molecule has 6 nitrogen and oxygen atoms in total. The van der Waals surface area contributed by atoms with Crippen LogP contribution in [-0.2, 0) is 14.3 Å². The highest BCUT2D eigenvalue weighted by molar-refractivity contribution is 14.1. The third-order valence-corrected chi connectivity index (χ3v) is 5.05. The van der Waals surface area contributed by atoms with Crippen molar-refractivity contribution in [1.82, 2.24) is 0 Å². The second-order valence-electron chi connectivity index (χ2n) is 5.70. The van der Waals surface area contributed by atoms with Gasteiger partial charge in [0.2, 0.25) is 5.90 Å². The van der Waals surface area contributed by atoms with E-state index in [4.69, 9.17) is 14.2 Å². The molecule has 0 spiro atoms. The number of hydrogen-bond donors (Lipinski definition) is 0. The second-order valence-corrected chi connectivity index (χ2v) is 8.11. The number of hydrogen-bond acceptors (Lipinski definition) is 6. The Bertz CT molecular complexity index is 1010. The lowest BCUT2D eigenvalue weighted by Crippen LogP contribution is -2.06. The first-order valence-corrected chi connectivity index (χ1v) is 10.5. The van der Waals surface area contributed by atoms with E-state index < -0.39 is 11.9 Å². The highest BCUT2D eigenvalue weighted by Gasteiger charge is 2.24. The second kappa shape index (κ2) is 9.03. The molecule has 2 aromatic rings. The monoisotopic (exact) mass is 603 g/mol. The third kappa shape index (κ3) is 4.90. The first kappa shape index (κ1) is 20.8. The van der Waals surface area contributed by atoms with Gasteiger partial charge in [0, 0.05) is 16.1 Å². The molecule has 0 N–H and O–H groups in total. The molecule has 1 aliphatic rings. The van der Waals surface area contributed by atoms with E-state index in [-0.39, 0.29) is 11.6 Å². The fourth-order valence-corrected chi connectivity index (χ4v) is 3.77. The highest BCUT2D eigenvalue weighted by Crippen LogP contribution is 2.35. The maximum atomic E-state index is 12.2. The summed E-state index contributed by atoms with van der Waals surface area (Å²) in [4.78, 5) is 27.9. The fourth-order valence-electron chi connectivity index (χ4n) is 2.49. The van der Waals surface area contributed by atoms with Gasteiger partial charge in [-0.15, -0.1) is 0 Å². The molecule has 0 unspecified atom stereocenters. The Hall–Kier alpha value is -1.95. The van der Waals surface area contributed by atoms with Crippen molar-refractivity contribution >= 4 is 69.1 Å². The van der Waals surface area contributed by atoms with E-state index in [0.717, 1.165) is 9.13 Å². The molecule has 0 amide bonds. The van der Waals surface area contributed by atoms with Crippen LogP contribution in [0.1, 0.15) is 25.0 Å². The average molecular weight is 603 g/mol. The zero-order chi connectivity index (χ0) is 20.3. The minimum Gasteiger partial charge on any atom is -0.490 e. The topological polar surface area (TPSA) is 74.2 Å². The first-order valence-electron chi connectivity index (χ1n) is 8.30. The number of benzene rings is 2. The number of ether oxygens (including phenoxy) is 3. The molecule has 1 heterocycles. The van der Waals surface area contributed by atoms with Crippen molar-refractivity contribution in [1.29, 1.82) is 0 Å². The van der Waals surface area contributed by atoms with Crippen LogP contribution in [0, 0.1) is 7.14 Å². The molecule has 0 saturated heterocycles. The van der Waals surface area contributed by atoms with Gasteiger partial charge in [0.15, 0.2) is 17.2 Å². The molecule has 0 atom stereocenters. The summed E-state index contributed by atoms with van der Waals surface area (Å²) in [5.41, 5.74) is 1.61. The summed E-state index contributed by atoms with van der Waals surface area (Å²) >= 11 is 4.24. The van der Waals surface area contributed by atoms with E-state index in [0.29, 0.717) is 27.2 Å². The van der Waals surface area contributed by atoms with E-state index in [2.05, 4.69) is 50.2 Å². The molecular formula is C20H15I2NO5. The van der Waals surface area contributed by atoms with Crippen LogP contribution in [-0.4, -0.2) is 24.4 Å². The molecule has 144 valence electrons. The predicted octanol–water partition coefficient (Wildman–Crippen LogP) is 4.56. The predicted molar refractivity (Wildman–Crippen MR) is 121 cm³/mol. The van der Waals surface area contributed by atoms with Gasteiger partial charge in [0.1, 0.15) is 0 Å². The lowest BCUT2D eigenvalue weighted by molar-refractivity contribution is -0.132. The molecule has 3 rings (SSSR count). The summed E-state index contributed by atoms with van der Waals surface area (Å²) < 4.78 is 17.8. The van der Waals surface area contributed by atoms with Crippen LogP contribution in [0.25, 0.3) is 6.08 Å². The van der Waals surface area contributed by atoms with E-state index in [1.807, 2.05) is 31.2 Å². The molecular weight excluding hydrogens is 588 g/mol. The molecule has 0 bridgehead atoms. The Balaban J connectivity index is 1.98. The maximum absolute atomic E-state index is 12.2. The van der Waals surface area contributed by atoms with E-state index in [9.17, 15) is 9.59 Å². The summed E-state index contributed by atoms with van der Waals surface area (Å²) in [5, 5.41) is 0. The Morgan fingerprint density at radius 2 is 2.04 bits per heavy atom. The SMILES string of the molecule is CCOc1cc(/C=C2\N=C(c3cccc(I)c3)OC2=O)cc(I)c1OC(C)=O. The number of carbonyl (C=O) groups excluding carboxylic acids is 2. The van der Waals surface area contributed by atoms with Gasteiger partial charge >= 0.3 is 11.9 Å². The molecule has 1 aliphatic heterocycles. The zero-order valence-corrected chi connectivity index (χ0v) is 19.3. The number of nitrogens with zero attached hydrogens (tertiary/aromatic N) is 1. The Morgan fingerprint density at radius 1 is 1.25 bits per heavy atom. The van der Waals surface area contributed by atoms with Crippen molar-refractivity contribution in [3.63, 3.8) is 0 Å². The molecule has 0 aliphatic carbocycles. The first-order chi connectivity index (χ1) is 13.4. The van der Waals surface area contributed by atoms with Crippen molar-refractivity contribution in [3.8, 4) is 11.5 Å². The molecule has 8 heteroatoms. The molecule has 28 heavy (non-hydrogen) atoms. The minimum absolute atomic E-state index is 0.187. The van der Waals surface area contributed by atoms with Gasteiger partial charge in [-0.3, -0.25) is 4.79 Å². The van der Waals surface area contributed by atoms with E-state index in [1.54, 1.807) is 18.2 Å². The maximum Gasteiger partial charge on any atom is 0.363 e. The van der Waals surface area contributed by atoms with Crippen LogP contribution in [0.2, 0.25) is 0 Å². The van der Waals surface area contributed by atoms with Gasteiger partial charge in [-0.25, -0.2) is 9.79 Å². The molecule has 0 aromatic heterocycles. The minimum atomic E-state index is -0.522. The summed E-state index contributed by atoms with van der Waals surface area (Å²) in [6.07, 6.45) is 1.62. The number of halogens is 2. The average Bonchev–Trinajstić information content (AvgIpc) is 2.99. The van der Waals surface area contributed by atoms with Crippen LogP contribution in [0.4, 0.5) is 0 Å². The largest absolute Gasteiger partial charge is 0.490 e. The zero-order valence-electron chi connectivity index (χ0n) is 15.0. The lowest BCUT2D eigenvalue weighted by Gasteiger charge is -2.12. The number of cyclic esters (lactones) is 1. The molecule has 0 fully saturated rings. The van der Waals surface area contributed by atoms with Gasteiger partial charge < -0.3 is 14.2 Å². The van der Waals surface area contributed by atoms with Crippen LogP contribution < -0.4 is 9.47 Å². The molecule has 0 radical (unpaired) electrons. The summed E-state index contributed by atoms with van der Waals surface area (Å²) in [6.45, 7) is 3.57. The van der Waals surface area contributed by atoms with Crippen molar-refractivity contribution in [2.45, 2.75) is 13.8 Å². The van der Waals surface area contributed by atoms with Gasteiger partial charge in [0.25, 0.3) is 0 Å². The Morgan fingerprint density at radius 3 is 2.71 bits per heavy atom. The van der Waals surface area contributed by atoms with Crippen LogP contribution >= 0.6 is 45.2 Å². The van der Waals surface area contributed by atoms with Crippen molar-refractivity contribution < 1.29 is 23.8 Å². The van der Waals surface area contributed by atoms with E-state index >= 15 is 0 Å². The van der Waals surface area contributed by atoms with Gasteiger partial charge in [-0.1, -0.05) is 6.07 Å². The lowest BCUT2D eigenvalue weighted by atomic mass is 10.1. The van der Waals surface area contributed by atoms with Crippen LogP contribution in [0.3, 0.4) is 0 Å². The number of aliphatic imine (C=N–C) groups is 1. The van der Waals surface area contributed by atoms with Gasteiger partial charge in [-0.05, 0) is 94.1 Å². The Labute approximate surface area is 189 Å². The standard InChI is InChI=1S/C20H15I2NO5/c1-3-26-17-9-12(7-15(22)18(17)27-11(2)24)8-16-20(25)28-19(23-16)13-5-4-6-14(21)10-13/h4-10H,3H2,1-2H3/b16-8-. The number of carbonyl (C=O) groups is 2.